The van der Waals surface area contributed by atoms with Gasteiger partial charge in [0.1, 0.15) is 0 Å². The summed E-state index contributed by atoms with van der Waals surface area (Å²) in [4.78, 5) is 4.06. The molecule has 1 aromatic carbocycles. The van der Waals surface area contributed by atoms with Gasteiger partial charge in [-0.3, -0.25) is 0 Å². The third kappa shape index (κ3) is 3.01. The van der Waals surface area contributed by atoms with Crippen LogP contribution in [0.25, 0.3) is 11.5 Å². The highest BCUT2D eigenvalue weighted by atomic mass is 32.2. The summed E-state index contributed by atoms with van der Waals surface area (Å²) in [6.07, 6.45) is -2.55. The molecule has 19 heavy (non-hydrogen) atoms. The Morgan fingerprint density at radius 3 is 2.68 bits per heavy atom. The van der Waals surface area contributed by atoms with Gasteiger partial charge < -0.3 is 10.3 Å². The Hall–Kier alpha value is -1.70. The highest BCUT2D eigenvalue weighted by Gasteiger charge is 2.31. The van der Waals surface area contributed by atoms with Crippen molar-refractivity contribution in [3.05, 3.63) is 29.6 Å². The fourth-order valence-corrected chi connectivity index (χ4v) is 1.86. The Bertz CT molecular complexity index is 583. The first-order chi connectivity index (χ1) is 8.91. The summed E-state index contributed by atoms with van der Waals surface area (Å²) in [6, 6.07) is 3.02. The summed E-state index contributed by atoms with van der Waals surface area (Å²) in [5.74, 6) is 1.15. The van der Waals surface area contributed by atoms with Crippen molar-refractivity contribution in [3.63, 3.8) is 0 Å². The average Bonchev–Trinajstić information content (AvgIpc) is 2.76. The van der Waals surface area contributed by atoms with Gasteiger partial charge in [-0.25, -0.2) is 0 Å². The first kappa shape index (κ1) is 13.7. The normalized spacial score (nSPS) is 11.8. The fraction of sp³-hybridized carbons (Fsp3) is 0.273. The van der Waals surface area contributed by atoms with Gasteiger partial charge in [0.2, 0.25) is 0 Å². The Morgan fingerprint density at radius 1 is 1.37 bits per heavy atom. The van der Waals surface area contributed by atoms with Gasteiger partial charge in [-0.1, -0.05) is 5.16 Å². The number of thioether (sulfide) groups is 1. The highest BCUT2D eigenvalue weighted by Crippen LogP contribution is 2.34. The minimum atomic E-state index is -4.43. The minimum absolute atomic E-state index is 0.0471. The molecule has 0 saturated carbocycles. The summed E-state index contributed by atoms with van der Waals surface area (Å²) in [5, 5.41) is 3.71. The van der Waals surface area contributed by atoms with Gasteiger partial charge >= 0.3 is 6.18 Å². The quantitative estimate of drug-likeness (QED) is 0.879. The van der Waals surface area contributed by atoms with E-state index in [2.05, 4.69) is 10.1 Å². The van der Waals surface area contributed by atoms with Crippen LogP contribution in [0.2, 0.25) is 0 Å². The molecule has 0 amide bonds. The molecular weight excluding hydrogens is 279 g/mol. The number of halogens is 3. The first-order valence-corrected chi connectivity index (χ1v) is 6.60. The monoisotopic (exact) mass is 289 g/mol. The van der Waals surface area contributed by atoms with Gasteiger partial charge in [0.25, 0.3) is 5.89 Å². The largest absolute Gasteiger partial charge is 0.416 e. The predicted octanol–water partition coefficient (Wildman–Crippen LogP) is 3.20. The molecule has 2 N–H and O–H groups in total. The van der Waals surface area contributed by atoms with Crippen LogP contribution in [0.5, 0.6) is 0 Å². The van der Waals surface area contributed by atoms with Crippen molar-refractivity contribution in [1.29, 1.82) is 0 Å². The lowest BCUT2D eigenvalue weighted by Gasteiger charge is -2.08. The number of rotatable bonds is 3. The molecule has 1 heterocycles. The second kappa shape index (κ2) is 5.12. The van der Waals surface area contributed by atoms with E-state index in [0.717, 1.165) is 12.1 Å². The lowest BCUT2D eigenvalue weighted by atomic mass is 10.1. The molecule has 0 spiro atoms. The van der Waals surface area contributed by atoms with Gasteiger partial charge in [-0.15, -0.1) is 0 Å². The molecule has 0 radical (unpaired) electrons. The Morgan fingerprint density at radius 2 is 2.11 bits per heavy atom. The van der Waals surface area contributed by atoms with Crippen molar-refractivity contribution < 1.29 is 17.7 Å². The summed E-state index contributed by atoms with van der Waals surface area (Å²) in [5.41, 5.74) is 5.04. The van der Waals surface area contributed by atoms with E-state index < -0.39 is 11.7 Å². The van der Waals surface area contributed by atoms with Crippen LogP contribution in [-0.4, -0.2) is 16.4 Å². The lowest BCUT2D eigenvalue weighted by Crippen LogP contribution is -2.06. The first-order valence-electron chi connectivity index (χ1n) is 5.20. The molecular formula is C11H10F3N3OS. The molecule has 0 aliphatic heterocycles. The molecule has 0 aliphatic carbocycles. The molecule has 2 rings (SSSR count). The zero-order valence-corrected chi connectivity index (χ0v) is 10.7. The van der Waals surface area contributed by atoms with Crippen LogP contribution in [0.3, 0.4) is 0 Å². The number of hydrogen-bond donors (Lipinski definition) is 1. The Kier molecular flexibility index (Phi) is 3.70. The second-order valence-corrected chi connectivity index (χ2v) is 4.61. The van der Waals surface area contributed by atoms with Crippen LogP contribution in [0.4, 0.5) is 18.9 Å². The number of aromatic nitrogens is 2. The lowest BCUT2D eigenvalue weighted by molar-refractivity contribution is -0.137. The number of anilines is 1. The zero-order chi connectivity index (χ0) is 14.0. The minimum Gasteiger partial charge on any atom is -0.398 e. The van der Waals surface area contributed by atoms with E-state index in [-0.39, 0.29) is 11.6 Å². The SMILES string of the molecule is CSCc1noc(-c2ccc(C(F)(F)F)cc2N)n1. The van der Waals surface area contributed by atoms with Crippen molar-refractivity contribution in [2.24, 2.45) is 0 Å². The van der Waals surface area contributed by atoms with E-state index in [9.17, 15) is 13.2 Å². The van der Waals surface area contributed by atoms with Crippen molar-refractivity contribution >= 4 is 17.4 Å². The van der Waals surface area contributed by atoms with E-state index in [1.807, 2.05) is 6.26 Å². The van der Waals surface area contributed by atoms with Crippen LogP contribution >= 0.6 is 11.8 Å². The molecule has 0 aliphatic rings. The van der Waals surface area contributed by atoms with Crippen molar-refractivity contribution in [2.75, 3.05) is 12.0 Å². The van der Waals surface area contributed by atoms with Gasteiger partial charge in [0, 0.05) is 5.69 Å². The fourth-order valence-electron chi connectivity index (χ4n) is 1.48. The second-order valence-electron chi connectivity index (χ2n) is 3.75. The van der Waals surface area contributed by atoms with Gasteiger partial charge in [0.05, 0.1) is 16.9 Å². The van der Waals surface area contributed by atoms with Crippen LogP contribution in [0.1, 0.15) is 11.4 Å². The summed E-state index contributed by atoms with van der Waals surface area (Å²) in [7, 11) is 0. The van der Waals surface area contributed by atoms with E-state index in [1.54, 1.807) is 0 Å². The maximum absolute atomic E-state index is 12.5. The molecule has 4 nitrogen and oxygen atoms in total. The maximum Gasteiger partial charge on any atom is 0.416 e. The van der Waals surface area contributed by atoms with E-state index >= 15 is 0 Å². The Labute approximate surface area is 111 Å². The molecule has 0 atom stereocenters. The van der Waals surface area contributed by atoms with E-state index in [0.29, 0.717) is 17.1 Å². The average molecular weight is 289 g/mol. The van der Waals surface area contributed by atoms with Crippen LogP contribution < -0.4 is 5.73 Å². The molecule has 0 unspecified atom stereocenters. The number of nitrogen functional groups attached to an aromatic ring is 1. The van der Waals surface area contributed by atoms with Crippen molar-refractivity contribution in [3.8, 4) is 11.5 Å². The predicted molar refractivity (Wildman–Crippen MR) is 66.4 cm³/mol. The molecule has 8 heteroatoms. The molecule has 102 valence electrons. The van der Waals surface area contributed by atoms with Crippen LogP contribution in [0.15, 0.2) is 22.7 Å². The van der Waals surface area contributed by atoms with Gasteiger partial charge in [0.15, 0.2) is 5.82 Å². The summed E-state index contributed by atoms with van der Waals surface area (Å²) in [6.45, 7) is 0. The molecule has 2 aromatic rings. The zero-order valence-electron chi connectivity index (χ0n) is 9.86. The van der Waals surface area contributed by atoms with Gasteiger partial charge in [-0.05, 0) is 24.5 Å². The maximum atomic E-state index is 12.5. The highest BCUT2D eigenvalue weighted by molar-refractivity contribution is 7.97. The number of alkyl halides is 3. The number of nitrogens with zero attached hydrogens (tertiary/aromatic N) is 2. The Balaban J connectivity index is 2.35. The standard InChI is InChI=1S/C11H10F3N3OS/c1-19-5-9-16-10(18-17-9)7-3-2-6(4-8(7)15)11(12,13)14/h2-4H,5,15H2,1H3. The molecule has 0 saturated heterocycles. The smallest absolute Gasteiger partial charge is 0.398 e. The molecule has 1 aromatic heterocycles. The van der Waals surface area contributed by atoms with Crippen LogP contribution in [0, 0.1) is 0 Å². The van der Waals surface area contributed by atoms with Crippen molar-refractivity contribution in [2.45, 2.75) is 11.9 Å². The molecule has 0 fully saturated rings. The molecule has 0 bridgehead atoms. The van der Waals surface area contributed by atoms with Crippen molar-refractivity contribution in [1.82, 2.24) is 10.1 Å². The van der Waals surface area contributed by atoms with Crippen LogP contribution in [-0.2, 0) is 11.9 Å². The summed E-state index contributed by atoms with van der Waals surface area (Å²) >= 11 is 1.51. The van der Waals surface area contributed by atoms with E-state index in [1.165, 1.54) is 17.8 Å². The summed E-state index contributed by atoms with van der Waals surface area (Å²) < 4.78 is 42.5. The number of benzene rings is 1. The van der Waals surface area contributed by atoms with E-state index in [4.69, 9.17) is 10.3 Å². The number of nitrogens with two attached hydrogens (primary N) is 1. The van der Waals surface area contributed by atoms with Gasteiger partial charge in [-0.2, -0.15) is 29.9 Å². The third-order valence-electron chi connectivity index (χ3n) is 2.35. The third-order valence-corrected chi connectivity index (χ3v) is 2.90. The topological polar surface area (TPSA) is 64.9 Å². The number of hydrogen-bond acceptors (Lipinski definition) is 5.